The van der Waals surface area contributed by atoms with Crippen LogP contribution in [0.15, 0.2) is 53.3 Å². The van der Waals surface area contributed by atoms with Crippen LogP contribution in [0.1, 0.15) is 25.0 Å². The molecule has 0 aliphatic heterocycles. The number of thiocarbonyl (C=S) groups is 1. The predicted molar refractivity (Wildman–Crippen MR) is 129 cm³/mol. The highest BCUT2D eigenvalue weighted by atomic mass is 32.1. The standard InChI is InChI=1S/C24H29N3O3S/c1-16(2)13-25-24(31)27(14-18-7-5-6-8-22(18)30-4)15-19-11-17-9-10-20(29-3)12-21(17)26-23(19)28/h5-12,16H,13-15H2,1-4H3,(H,25,31)(H,26,28). The van der Waals surface area contributed by atoms with Crippen molar-refractivity contribution in [2.24, 2.45) is 5.92 Å². The van der Waals surface area contributed by atoms with Gasteiger partial charge in [-0.15, -0.1) is 0 Å². The lowest BCUT2D eigenvalue weighted by Crippen LogP contribution is -2.41. The zero-order valence-corrected chi connectivity index (χ0v) is 19.2. The molecule has 3 rings (SSSR count). The van der Waals surface area contributed by atoms with Gasteiger partial charge in [0.25, 0.3) is 5.56 Å². The summed E-state index contributed by atoms with van der Waals surface area (Å²) in [5.74, 6) is 1.94. The summed E-state index contributed by atoms with van der Waals surface area (Å²) in [6.45, 7) is 5.91. The van der Waals surface area contributed by atoms with Crippen LogP contribution in [0, 0.1) is 5.92 Å². The molecule has 0 aliphatic rings. The third kappa shape index (κ3) is 5.76. The molecule has 2 N–H and O–H groups in total. The number of methoxy groups -OCH3 is 2. The van der Waals surface area contributed by atoms with Gasteiger partial charge in [0, 0.05) is 30.3 Å². The molecule has 0 radical (unpaired) electrons. The van der Waals surface area contributed by atoms with Crippen molar-refractivity contribution in [1.29, 1.82) is 0 Å². The number of nitrogens with one attached hydrogen (secondary N) is 2. The molecule has 0 aliphatic carbocycles. The van der Waals surface area contributed by atoms with Gasteiger partial charge < -0.3 is 24.7 Å². The van der Waals surface area contributed by atoms with Gasteiger partial charge >= 0.3 is 0 Å². The SMILES string of the molecule is COc1ccc2cc(CN(Cc3ccccc3OC)C(=S)NCC(C)C)c(=O)[nH]c2c1. The molecular weight excluding hydrogens is 410 g/mol. The number of hydrogen-bond acceptors (Lipinski definition) is 4. The van der Waals surface area contributed by atoms with E-state index in [0.717, 1.165) is 28.8 Å². The summed E-state index contributed by atoms with van der Waals surface area (Å²) < 4.78 is 10.8. The van der Waals surface area contributed by atoms with Crippen molar-refractivity contribution < 1.29 is 9.47 Å². The van der Waals surface area contributed by atoms with Gasteiger partial charge in [-0.3, -0.25) is 4.79 Å². The average Bonchev–Trinajstić information content (AvgIpc) is 2.77. The summed E-state index contributed by atoms with van der Waals surface area (Å²) in [5.41, 5.74) is 2.24. The Hall–Kier alpha value is -3.06. The number of para-hydroxylation sites is 1. The summed E-state index contributed by atoms with van der Waals surface area (Å²) >= 11 is 5.69. The number of rotatable bonds is 8. The first-order valence-electron chi connectivity index (χ1n) is 10.3. The smallest absolute Gasteiger partial charge is 0.253 e. The third-order valence-electron chi connectivity index (χ3n) is 4.99. The van der Waals surface area contributed by atoms with Gasteiger partial charge in [-0.1, -0.05) is 32.0 Å². The highest BCUT2D eigenvalue weighted by Crippen LogP contribution is 2.22. The van der Waals surface area contributed by atoms with Crippen LogP contribution >= 0.6 is 12.2 Å². The lowest BCUT2D eigenvalue weighted by Gasteiger charge is -2.27. The van der Waals surface area contributed by atoms with Crippen molar-refractivity contribution in [2.75, 3.05) is 20.8 Å². The van der Waals surface area contributed by atoms with Crippen LogP contribution in [0.5, 0.6) is 11.5 Å². The second-order valence-corrected chi connectivity index (χ2v) is 8.21. The molecule has 6 nitrogen and oxygen atoms in total. The average molecular weight is 440 g/mol. The lowest BCUT2D eigenvalue weighted by atomic mass is 10.1. The van der Waals surface area contributed by atoms with Gasteiger partial charge in [0.2, 0.25) is 0 Å². The van der Waals surface area contributed by atoms with Gasteiger partial charge in [0.05, 0.1) is 26.3 Å². The van der Waals surface area contributed by atoms with Crippen LogP contribution in [-0.2, 0) is 13.1 Å². The molecule has 31 heavy (non-hydrogen) atoms. The number of fused-ring (bicyclic) bond motifs is 1. The summed E-state index contributed by atoms with van der Waals surface area (Å²) in [6.07, 6.45) is 0. The number of hydrogen-bond donors (Lipinski definition) is 2. The zero-order chi connectivity index (χ0) is 22.4. The molecule has 0 amide bonds. The minimum atomic E-state index is -0.141. The molecule has 0 saturated carbocycles. The van der Waals surface area contributed by atoms with Gasteiger partial charge in [0.15, 0.2) is 5.11 Å². The summed E-state index contributed by atoms with van der Waals surface area (Å²) in [5, 5.41) is 4.86. The largest absolute Gasteiger partial charge is 0.497 e. The van der Waals surface area contributed by atoms with E-state index in [1.807, 2.05) is 53.4 Å². The van der Waals surface area contributed by atoms with Gasteiger partial charge in [-0.05, 0) is 47.8 Å². The number of ether oxygens (including phenoxy) is 2. The monoisotopic (exact) mass is 439 g/mol. The minimum Gasteiger partial charge on any atom is -0.497 e. The minimum absolute atomic E-state index is 0.141. The van der Waals surface area contributed by atoms with Crippen LogP contribution < -0.4 is 20.3 Å². The van der Waals surface area contributed by atoms with E-state index in [1.54, 1.807) is 14.2 Å². The first-order chi connectivity index (χ1) is 14.9. The fourth-order valence-corrected chi connectivity index (χ4v) is 3.53. The third-order valence-corrected chi connectivity index (χ3v) is 5.40. The number of H-pyrrole nitrogens is 1. The van der Waals surface area contributed by atoms with Gasteiger partial charge in [-0.2, -0.15) is 0 Å². The van der Waals surface area contributed by atoms with E-state index in [0.29, 0.717) is 35.4 Å². The summed E-state index contributed by atoms with van der Waals surface area (Å²) in [4.78, 5) is 17.8. The van der Waals surface area contributed by atoms with Crippen molar-refractivity contribution >= 4 is 28.2 Å². The van der Waals surface area contributed by atoms with Crippen LogP contribution in [0.2, 0.25) is 0 Å². The topological polar surface area (TPSA) is 66.6 Å². The Bertz CT molecular complexity index is 1110. The Labute approximate surface area is 188 Å². The molecular formula is C24H29N3O3S. The highest BCUT2D eigenvalue weighted by molar-refractivity contribution is 7.80. The molecule has 0 saturated heterocycles. The van der Waals surface area contributed by atoms with Crippen LogP contribution in [0.25, 0.3) is 10.9 Å². The Morgan fingerprint density at radius 2 is 1.81 bits per heavy atom. The molecule has 7 heteroatoms. The fourth-order valence-electron chi connectivity index (χ4n) is 3.32. The summed E-state index contributed by atoms with van der Waals surface area (Å²) in [6, 6.07) is 15.4. The number of aromatic nitrogens is 1. The lowest BCUT2D eigenvalue weighted by molar-refractivity contribution is 0.369. The van der Waals surface area contributed by atoms with Crippen LogP contribution in [0.3, 0.4) is 0 Å². The van der Waals surface area contributed by atoms with E-state index in [4.69, 9.17) is 21.7 Å². The molecule has 3 aromatic rings. The number of nitrogens with zero attached hydrogens (tertiary/aromatic N) is 1. The summed E-state index contributed by atoms with van der Waals surface area (Å²) in [7, 11) is 3.26. The van der Waals surface area contributed by atoms with E-state index in [1.165, 1.54) is 0 Å². The molecule has 1 aromatic heterocycles. The van der Waals surface area contributed by atoms with Crippen LogP contribution in [0.4, 0.5) is 0 Å². The normalized spacial score (nSPS) is 10.9. The van der Waals surface area contributed by atoms with Crippen molar-refractivity contribution in [3.63, 3.8) is 0 Å². The fraction of sp³-hybridized carbons (Fsp3) is 0.333. The number of benzene rings is 2. The Morgan fingerprint density at radius 3 is 2.52 bits per heavy atom. The molecule has 0 unspecified atom stereocenters. The first kappa shape index (κ1) is 22.6. The molecule has 2 aromatic carbocycles. The first-order valence-corrected chi connectivity index (χ1v) is 10.7. The predicted octanol–water partition coefficient (Wildman–Crippen LogP) is 4.08. The molecule has 0 bridgehead atoms. The van der Waals surface area contributed by atoms with Crippen molar-refractivity contribution in [1.82, 2.24) is 15.2 Å². The van der Waals surface area contributed by atoms with Crippen molar-refractivity contribution in [2.45, 2.75) is 26.9 Å². The van der Waals surface area contributed by atoms with E-state index >= 15 is 0 Å². The number of pyridine rings is 1. The molecule has 164 valence electrons. The Kier molecular flexibility index (Phi) is 7.52. The van der Waals surface area contributed by atoms with E-state index in [2.05, 4.69) is 24.1 Å². The zero-order valence-electron chi connectivity index (χ0n) is 18.4. The van der Waals surface area contributed by atoms with E-state index in [-0.39, 0.29) is 5.56 Å². The van der Waals surface area contributed by atoms with Gasteiger partial charge in [0.1, 0.15) is 11.5 Å². The Balaban J connectivity index is 1.92. The quantitative estimate of drug-likeness (QED) is 0.516. The number of aromatic amines is 1. The molecule has 0 spiro atoms. The van der Waals surface area contributed by atoms with Crippen molar-refractivity contribution in [3.8, 4) is 11.5 Å². The molecule has 0 fully saturated rings. The molecule has 0 atom stereocenters. The van der Waals surface area contributed by atoms with E-state index in [9.17, 15) is 4.79 Å². The maximum Gasteiger partial charge on any atom is 0.253 e. The second kappa shape index (κ2) is 10.3. The maximum absolute atomic E-state index is 12.8. The van der Waals surface area contributed by atoms with Crippen LogP contribution in [-0.4, -0.2) is 35.8 Å². The molecule has 1 heterocycles. The van der Waals surface area contributed by atoms with Crippen molar-refractivity contribution in [3.05, 3.63) is 70.0 Å². The maximum atomic E-state index is 12.8. The highest BCUT2D eigenvalue weighted by Gasteiger charge is 2.16. The van der Waals surface area contributed by atoms with Gasteiger partial charge in [-0.25, -0.2) is 0 Å². The second-order valence-electron chi connectivity index (χ2n) is 7.82. The van der Waals surface area contributed by atoms with E-state index < -0.39 is 0 Å². The Morgan fingerprint density at radius 1 is 1.06 bits per heavy atom.